The first-order valence-corrected chi connectivity index (χ1v) is 8.29. The number of hydrogen-bond donors (Lipinski definition) is 2. The van der Waals surface area contributed by atoms with E-state index in [0.717, 1.165) is 22.8 Å². The van der Waals surface area contributed by atoms with E-state index in [1.165, 1.54) is 20.2 Å². The fraction of sp³-hybridized carbons (Fsp3) is 0.222. The van der Waals surface area contributed by atoms with Crippen LogP contribution in [0, 0.1) is 0 Å². The molecule has 2 aromatic carbocycles. The quantitative estimate of drug-likeness (QED) is 0.561. The van der Waals surface area contributed by atoms with E-state index in [0.29, 0.717) is 0 Å². The van der Waals surface area contributed by atoms with Gasteiger partial charge in [0.25, 0.3) is 0 Å². The van der Waals surface area contributed by atoms with Crippen LogP contribution in [0.1, 0.15) is 11.1 Å². The molecule has 0 amide bonds. The second-order valence-corrected chi connectivity index (χ2v) is 6.25. The summed E-state index contributed by atoms with van der Waals surface area (Å²) in [5.41, 5.74) is 2.20. The Morgan fingerprint density at radius 2 is 1.22 bits per heavy atom. The predicted octanol–water partition coefficient (Wildman–Crippen LogP) is 3.25. The summed E-state index contributed by atoms with van der Waals surface area (Å²) in [5, 5.41) is 8.80. The Morgan fingerprint density at radius 1 is 0.783 bits per heavy atom. The molecule has 0 saturated carbocycles. The monoisotopic (exact) mass is 324 g/mol. The van der Waals surface area contributed by atoms with Crippen LogP contribution in [0.3, 0.4) is 0 Å². The van der Waals surface area contributed by atoms with Gasteiger partial charge in [-0.2, -0.15) is 0 Å². The van der Waals surface area contributed by atoms with Gasteiger partial charge in [0.1, 0.15) is 11.7 Å². The SMILES string of the molecule is CN=C(NC)c1ccc2sc3ccc(C(=NC)NC)cc3c2c1. The molecule has 0 radical (unpaired) electrons. The summed E-state index contributed by atoms with van der Waals surface area (Å²) in [5.74, 6) is 1.79. The van der Waals surface area contributed by atoms with Crippen LogP contribution in [0.25, 0.3) is 20.2 Å². The van der Waals surface area contributed by atoms with E-state index in [1.54, 1.807) is 14.1 Å². The summed E-state index contributed by atoms with van der Waals surface area (Å²) in [7, 11) is 7.40. The number of fused-ring (bicyclic) bond motifs is 3. The molecule has 0 aliphatic carbocycles. The number of amidine groups is 2. The van der Waals surface area contributed by atoms with E-state index in [-0.39, 0.29) is 0 Å². The first kappa shape index (κ1) is 15.5. The summed E-state index contributed by atoms with van der Waals surface area (Å²) in [6.07, 6.45) is 0. The molecule has 3 aromatic rings. The molecule has 23 heavy (non-hydrogen) atoms. The number of rotatable bonds is 2. The van der Waals surface area contributed by atoms with Gasteiger partial charge in [-0.3, -0.25) is 9.98 Å². The van der Waals surface area contributed by atoms with Gasteiger partial charge in [0.15, 0.2) is 0 Å². The maximum Gasteiger partial charge on any atom is 0.127 e. The van der Waals surface area contributed by atoms with Crippen molar-refractivity contribution in [2.45, 2.75) is 0 Å². The fourth-order valence-electron chi connectivity index (χ4n) is 2.84. The number of thiophene rings is 1. The van der Waals surface area contributed by atoms with Crippen LogP contribution < -0.4 is 10.6 Å². The van der Waals surface area contributed by atoms with E-state index in [9.17, 15) is 0 Å². The minimum absolute atomic E-state index is 0.897. The molecule has 1 aromatic heterocycles. The molecule has 0 saturated heterocycles. The molecule has 3 rings (SSSR count). The first-order chi connectivity index (χ1) is 11.2. The lowest BCUT2D eigenvalue weighted by Gasteiger charge is -2.06. The molecule has 4 nitrogen and oxygen atoms in total. The van der Waals surface area contributed by atoms with Gasteiger partial charge >= 0.3 is 0 Å². The average Bonchev–Trinajstić information content (AvgIpc) is 2.95. The largest absolute Gasteiger partial charge is 0.373 e. The topological polar surface area (TPSA) is 48.8 Å². The van der Waals surface area contributed by atoms with Gasteiger partial charge in [-0.25, -0.2) is 0 Å². The van der Waals surface area contributed by atoms with Crippen LogP contribution in [-0.2, 0) is 0 Å². The third-order valence-corrected chi connectivity index (χ3v) is 5.09. The molecule has 1 heterocycles. The molecular weight excluding hydrogens is 304 g/mol. The highest BCUT2D eigenvalue weighted by atomic mass is 32.1. The summed E-state index contributed by atoms with van der Waals surface area (Å²) in [6.45, 7) is 0. The highest BCUT2D eigenvalue weighted by molar-refractivity contribution is 7.25. The highest BCUT2D eigenvalue weighted by Gasteiger charge is 2.10. The molecule has 0 aliphatic heterocycles. The van der Waals surface area contributed by atoms with Gasteiger partial charge in [0, 0.05) is 59.5 Å². The van der Waals surface area contributed by atoms with Gasteiger partial charge in [-0.05, 0) is 36.4 Å². The van der Waals surface area contributed by atoms with Gasteiger partial charge in [-0.15, -0.1) is 11.3 Å². The van der Waals surface area contributed by atoms with Crippen LogP contribution in [0.4, 0.5) is 0 Å². The van der Waals surface area contributed by atoms with Crippen molar-refractivity contribution in [2.24, 2.45) is 9.98 Å². The van der Waals surface area contributed by atoms with Gasteiger partial charge in [0.05, 0.1) is 0 Å². The lowest BCUT2D eigenvalue weighted by molar-refractivity contribution is 1.15. The van der Waals surface area contributed by atoms with E-state index in [2.05, 4.69) is 57.0 Å². The van der Waals surface area contributed by atoms with E-state index < -0.39 is 0 Å². The Hall–Kier alpha value is -2.40. The lowest BCUT2D eigenvalue weighted by Crippen LogP contribution is -2.19. The summed E-state index contributed by atoms with van der Waals surface area (Å²) in [4.78, 5) is 8.60. The molecule has 0 atom stereocenters. The van der Waals surface area contributed by atoms with Crippen molar-refractivity contribution in [3.05, 3.63) is 47.5 Å². The van der Waals surface area contributed by atoms with Crippen molar-refractivity contribution in [2.75, 3.05) is 28.2 Å². The summed E-state index contributed by atoms with van der Waals surface area (Å²) >= 11 is 1.81. The Morgan fingerprint density at radius 3 is 1.57 bits per heavy atom. The maximum absolute atomic E-state index is 4.30. The minimum Gasteiger partial charge on any atom is -0.373 e. The zero-order valence-corrected chi connectivity index (χ0v) is 14.6. The van der Waals surface area contributed by atoms with E-state index in [1.807, 2.05) is 25.4 Å². The molecule has 0 fully saturated rings. The standard InChI is InChI=1S/C18H20N4S/c1-19-17(20-2)11-5-7-15-13(9-11)14-10-12(18(21-3)22-4)6-8-16(14)23-15/h5-10H,1-4H3,(H,19,20)(H,21,22). The van der Waals surface area contributed by atoms with Crippen molar-refractivity contribution >= 4 is 43.2 Å². The van der Waals surface area contributed by atoms with Gasteiger partial charge in [-0.1, -0.05) is 0 Å². The van der Waals surface area contributed by atoms with Crippen molar-refractivity contribution in [1.82, 2.24) is 10.6 Å². The summed E-state index contributed by atoms with van der Waals surface area (Å²) < 4.78 is 2.57. The molecular formula is C18H20N4S. The molecule has 0 unspecified atom stereocenters. The summed E-state index contributed by atoms with van der Waals surface area (Å²) in [6, 6.07) is 13.0. The minimum atomic E-state index is 0.897. The van der Waals surface area contributed by atoms with Gasteiger partial charge < -0.3 is 10.6 Å². The Kier molecular flexibility index (Phi) is 4.30. The normalized spacial score (nSPS) is 12.9. The van der Waals surface area contributed by atoms with Crippen LogP contribution in [-0.4, -0.2) is 39.9 Å². The Labute approximate surface area is 140 Å². The number of nitrogens with zero attached hydrogens (tertiary/aromatic N) is 2. The lowest BCUT2D eigenvalue weighted by atomic mass is 10.1. The third-order valence-electron chi connectivity index (χ3n) is 3.94. The molecule has 0 aliphatic rings. The van der Waals surface area contributed by atoms with Crippen molar-refractivity contribution in [3.63, 3.8) is 0 Å². The number of benzene rings is 2. The first-order valence-electron chi connectivity index (χ1n) is 7.48. The zero-order valence-electron chi connectivity index (χ0n) is 13.8. The van der Waals surface area contributed by atoms with Crippen LogP contribution in [0.2, 0.25) is 0 Å². The number of aliphatic imine (C=N–C) groups is 2. The smallest absolute Gasteiger partial charge is 0.127 e. The highest BCUT2D eigenvalue weighted by Crippen LogP contribution is 2.35. The Bertz CT molecular complexity index is 847. The second-order valence-electron chi connectivity index (χ2n) is 5.17. The average molecular weight is 324 g/mol. The van der Waals surface area contributed by atoms with E-state index >= 15 is 0 Å². The fourth-order valence-corrected chi connectivity index (χ4v) is 3.91. The molecule has 0 spiro atoms. The molecule has 0 bridgehead atoms. The van der Waals surface area contributed by atoms with E-state index in [4.69, 9.17) is 0 Å². The molecule has 2 N–H and O–H groups in total. The number of hydrogen-bond acceptors (Lipinski definition) is 3. The Balaban J connectivity index is 2.24. The third kappa shape index (κ3) is 2.68. The zero-order chi connectivity index (χ0) is 16.4. The van der Waals surface area contributed by atoms with Crippen molar-refractivity contribution in [3.8, 4) is 0 Å². The molecule has 118 valence electrons. The van der Waals surface area contributed by atoms with Crippen LogP contribution >= 0.6 is 11.3 Å². The van der Waals surface area contributed by atoms with Crippen molar-refractivity contribution in [1.29, 1.82) is 0 Å². The molecule has 5 heteroatoms. The predicted molar refractivity (Wildman–Crippen MR) is 102 cm³/mol. The van der Waals surface area contributed by atoms with Crippen LogP contribution in [0.15, 0.2) is 46.4 Å². The van der Waals surface area contributed by atoms with Crippen LogP contribution in [0.5, 0.6) is 0 Å². The van der Waals surface area contributed by atoms with Crippen molar-refractivity contribution < 1.29 is 0 Å². The second kappa shape index (κ2) is 6.38. The maximum atomic E-state index is 4.30. The van der Waals surface area contributed by atoms with Gasteiger partial charge in [0.2, 0.25) is 0 Å². The number of nitrogens with one attached hydrogen (secondary N) is 2.